The molecule has 0 aliphatic rings. The predicted octanol–water partition coefficient (Wildman–Crippen LogP) is 4.50. The molecule has 0 aliphatic heterocycles. The number of benzene rings is 2. The largest absolute Gasteiger partial charge is 0.497 e. The van der Waals surface area contributed by atoms with Crippen LogP contribution in [0, 0.1) is 5.82 Å². The Hall–Kier alpha value is -1.59. The molecule has 0 unspecified atom stereocenters. The molecule has 1 N–H and O–H groups in total. The third-order valence-electron chi connectivity index (χ3n) is 2.58. The highest BCUT2D eigenvalue weighted by molar-refractivity contribution is 9.10. The number of nitrogens with one attached hydrogen (secondary N) is 1. The van der Waals surface area contributed by atoms with Crippen molar-refractivity contribution in [1.82, 2.24) is 0 Å². The van der Waals surface area contributed by atoms with Gasteiger partial charge < -0.3 is 10.1 Å². The van der Waals surface area contributed by atoms with Crippen LogP contribution in [0.15, 0.2) is 40.9 Å². The summed E-state index contributed by atoms with van der Waals surface area (Å²) in [5.41, 5.74) is 0.734. The van der Waals surface area contributed by atoms with E-state index in [2.05, 4.69) is 21.2 Å². The van der Waals surface area contributed by atoms with Crippen LogP contribution in [0.2, 0.25) is 5.02 Å². The van der Waals surface area contributed by atoms with E-state index in [0.29, 0.717) is 21.5 Å². The summed E-state index contributed by atoms with van der Waals surface area (Å²) >= 11 is 9.08. The van der Waals surface area contributed by atoms with Gasteiger partial charge in [-0.15, -0.1) is 0 Å². The summed E-state index contributed by atoms with van der Waals surface area (Å²) in [4.78, 5) is 12.1. The molecule has 0 aromatic heterocycles. The Balaban J connectivity index is 2.28. The summed E-state index contributed by atoms with van der Waals surface area (Å²) < 4.78 is 18.6. The lowest BCUT2D eigenvalue weighted by Gasteiger charge is -2.10. The Morgan fingerprint density at radius 2 is 2.10 bits per heavy atom. The van der Waals surface area contributed by atoms with Crippen molar-refractivity contribution < 1.29 is 13.9 Å². The molecule has 2 aromatic rings. The second-order valence-corrected chi connectivity index (χ2v) is 5.19. The van der Waals surface area contributed by atoms with Crippen molar-refractivity contribution in [3.05, 3.63) is 57.3 Å². The quantitative estimate of drug-likeness (QED) is 0.877. The van der Waals surface area contributed by atoms with Crippen molar-refractivity contribution in [2.24, 2.45) is 0 Å². The van der Waals surface area contributed by atoms with Crippen molar-refractivity contribution in [2.75, 3.05) is 12.4 Å². The number of halogens is 3. The average Bonchev–Trinajstić information content (AvgIpc) is 2.42. The maximum Gasteiger partial charge on any atom is 0.255 e. The van der Waals surface area contributed by atoms with Crippen LogP contribution >= 0.6 is 27.5 Å². The summed E-state index contributed by atoms with van der Waals surface area (Å²) in [5, 5.41) is 2.75. The minimum absolute atomic E-state index is 0.119. The standard InChI is InChI=1S/C14H10BrClFNO2/c1-20-10-4-2-3-8(5-10)14(19)18-13-11(15)6-9(17)7-12(13)16/h2-7H,1H3,(H,18,19). The minimum atomic E-state index is -0.485. The number of carbonyl (C=O) groups excluding carboxylic acids is 1. The first-order chi connectivity index (χ1) is 9.51. The van der Waals surface area contributed by atoms with Gasteiger partial charge in [-0.1, -0.05) is 17.7 Å². The van der Waals surface area contributed by atoms with Crippen LogP contribution in [0.3, 0.4) is 0 Å². The van der Waals surface area contributed by atoms with Gasteiger partial charge in [0, 0.05) is 10.0 Å². The van der Waals surface area contributed by atoms with Gasteiger partial charge in [0.05, 0.1) is 17.8 Å². The van der Waals surface area contributed by atoms with Crippen LogP contribution in [-0.2, 0) is 0 Å². The third-order valence-corrected chi connectivity index (χ3v) is 3.50. The minimum Gasteiger partial charge on any atom is -0.497 e. The second-order valence-electron chi connectivity index (χ2n) is 3.93. The van der Waals surface area contributed by atoms with E-state index in [1.54, 1.807) is 24.3 Å². The molecular formula is C14H10BrClFNO2. The Kier molecular flexibility index (Phi) is 4.62. The number of methoxy groups -OCH3 is 1. The predicted molar refractivity (Wildman–Crippen MR) is 80.1 cm³/mol. The molecule has 0 spiro atoms. The van der Waals surface area contributed by atoms with E-state index in [9.17, 15) is 9.18 Å². The van der Waals surface area contributed by atoms with Gasteiger partial charge in [0.1, 0.15) is 11.6 Å². The van der Waals surface area contributed by atoms with E-state index < -0.39 is 5.82 Å². The van der Waals surface area contributed by atoms with Crippen LogP contribution in [0.5, 0.6) is 5.75 Å². The van der Waals surface area contributed by atoms with Gasteiger partial charge in [0.2, 0.25) is 0 Å². The molecule has 0 bridgehead atoms. The zero-order valence-corrected chi connectivity index (χ0v) is 12.8. The molecule has 0 radical (unpaired) electrons. The number of ether oxygens (including phenoxy) is 1. The first-order valence-electron chi connectivity index (χ1n) is 5.61. The van der Waals surface area contributed by atoms with Crippen molar-refractivity contribution in [1.29, 1.82) is 0 Å². The van der Waals surface area contributed by atoms with Crippen LogP contribution in [-0.4, -0.2) is 13.0 Å². The van der Waals surface area contributed by atoms with E-state index in [1.807, 2.05) is 0 Å². The maximum absolute atomic E-state index is 13.1. The Bertz CT molecular complexity index is 640. The summed E-state index contributed by atoms with van der Waals surface area (Å²) in [6, 6.07) is 9.04. The van der Waals surface area contributed by atoms with Gasteiger partial charge in [-0.3, -0.25) is 4.79 Å². The van der Waals surface area contributed by atoms with Crippen LogP contribution in [0.25, 0.3) is 0 Å². The first kappa shape index (κ1) is 14.8. The maximum atomic E-state index is 13.1. The van der Waals surface area contributed by atoms with E-state index in [-0.39, 0.29) is 10.9 Å². The normalized spacial score (nSPS) is 10.2. The van der Waals surface area contributed by atoms with Crippen molar-refractivity contribution in [3.8, 4) is 5.75 Å². The summed E-state index contributed by atoms with van der Waals surface area (Å²) in [6.45, 7) is 0. The Labute approximate surface area is 128 Å². The number of carbonyl (C=O) groups is 1. The smallest absolute Gasteiger partial charge is 0.255 e. The van der Waals surface area contributed by atoms with Gasteiger partial charge in [-0.2, -0.15) is 0 Å². The molecule has 0 fully saturated rings. The molecule has 0 atom stereocenters. The zero-order valence-electron chi connectivity index (χ0n) is 10.4. The van der Waals surface area contributed by atoms with Crippen LogP contribution in [0.4, 0.5) is 10.1 Å². The molecule has 2 aromatic carbocycles. The molecule has 0 aliphatic carbocycles. The molecular weight excluding hydrogens is 349 g/mol. The van der Waals surface area contributed by atoms with Crippen molar-refractivity contribution in [3.63, 3.8) is 0 Å². The Morgan fingerprint density at radius 1 is 1.35 bits per heavy atom. The fourth-order valence-electron chi connectivity index (χ4n) is 1.61. The van der Waals surface area contributed by atoms with Gasteiger partial charge in [0.15, 0.2) is 0 Å². The highest BCUT2D eigenvalue weighted by atomic mass is 79.9. The zero-order chi connectivity index (χ0) is 14.7. The molecule has 20 heavy (non-hydrogen) atoms. The first-order valence-corrected chi connectivity index (χ1v) is 6.78. The summed E-state index contributed by atoms with van der Waals surface area (Å²) in [5.74, 6) is -0.277. The number of rotatable bonds is 3. The van der Waals surface area contributed by atoms with E-state index in [0.717, 1.165) is 6.07 Å². The number of hydrogen-bond donors (Lipinski definition) is 1. The van der Waals surface area contributed by atoms with Gasteiger partial charge in [-0.25, -0.2) is 4.39 Å². The number of anilines is 1. The van der Waals surface area contributed by atoms with Crippen molar-refractivity contribution in [2.45, 2.75) is 0 Å². The fourth-order valence-corrected chi connectivity index (χ4v) is 2.51. The second kappa shape index (κ2) is 6.24. The molecule has 0 saturated carbocycles. The number of amides is 1. The highest BCUT2D eigenvalue weighted by Gasteiger charge is 2.13. The van der Waals surface area contributed by atoms with Gasteiger partial charge in [-0.05, 0) is 46.3 Å². The van der Waals surface area contributed by atoms with Crippen LogP contribution < -0.4 is 10.1 Å². The third kappa shape index (κ3) is 3.29. The van der Waals surface area contributed by atoms with E-state index in [4.69, 9.17) is 16.3 Å². The molecule has 6 heteroatoms. The summed E-state index contributed by atoms with van der Waals surface area (Å²) in [6.07, 6.45) is 0. The summed E-state index contributed by atoms with van der Waals surface area (Å²) in [7, 11) is 1.52. The lowest BCUT2D eigenvalue weighted by molar-refractivity contribution is 0.102. The fraction of sp³-hybridized carbons (Fsp3) is 0.0714. The Morgan fingerprint density at radius 3 is 2.75 bits per heavy atom. The van der Waals surface area contributed by atoms with Crippen molar-refractivity contribution >= 4 is 39.1 Å². The number of hydrogen-bond acceptors (Lipinski definition) is 2. The van der Waals surface area contributed by atoms with E-state index in [1.165, 1.54) is 13.2 Å². The highest BCUT2D eigenvalue weighted by Crippen LogP contribution is 2.32. The molecule has 1 amide bonds. The van der Waals surface area contributed by atoms with E-state index >= 15 is 0 Å². The lowest BCUT2D eigenvalue weighted by Crippen LogP contribution is -2.12. The molecule has 3 nitrogen and oxygen atoms in total. The lowest BCUT2D eigenvalue weighted by atomic mass is 10.2. The average molecular weight is 359 g/mol. The molecule has 2 rings (SSSR count). The van der Waals surface area contributed by atoms with Crippen LogP contribution in [0.1, 0.15) is 10.4 Å². The monoisotopic (exact) mass is 357 g/mol. The van der Waals surface area contributed by atoms with Gasteiger partial charge in [0.25, 0.3) is 5.91 Å². The molecule has 0 heterocycles. The molecule has 104 valence electrons. The topological polar surface area (TPSA) is 38.3 Å². The molecule has 0 saturated heterocycles. The van der Waals surface area contributed by atoms with Gasteiger partial charge >= 0.3 is 0 Å². The SMILES string of the molecule is COc1cccc(C(=O)Nc2c(Cl)cc(F)cc2Br)c1.